The van der Waals surface area contributed by atoms with Crippen LogP contribution in [0, 0.1) is 0 Å². The summed E-state index contributed by atoms with van der Waals surface area (Å²) in [5.41, 5.74) is 1.21. The van der Waals surface area contributed by atoms with Crippen molar-refractivity contribution in [2.75, 3.05) is 20.2 Å². The Hall–Kier alpha value is -0.640. The number of piperidine rings is 1. The van der Waals surface area contributed by atoms with Gasteiger partial charge in [-0.2, -0.15) is 0 Å². The van der Waals surface area contributed by atoms with Gasteiger partial charge in [0, 0.05) is 26.4 Å². The maximum atomic E-state index is 5.89. The van der Waals surface area contributed by atoms with Gasteiger partial charge in [-0.3, -0.25) is 4.90 Å². The molecule has 1 aromatic rings. The number of hydrogen-bond donors (Lipinski definition) is 0. The van der Waals surface area contributed by atoms with Crippen molar-refractivity contribution in [3.05, 3.63) is 29.0 Å². The second-order valence-electron chi connectivity index (χ2n) is 4.96. The Morgan fingerprint density at radius 1 is 1.59 bits per heavy atom. The van der Waals surface area contributed by atoms with Crippen molar-refractivity contribution in [3.63, 3.8) is 0 Å². The average Bonchev–Trinajstić information content (AvgIpc) is 2.29. The third-order valence-electron chi connectivity index (χ3n) is 3.43. The van der Waals surface area contributed by atoms with Gasteiger partial charge in [-0.05, 0) is 44.0 Å². The van der Waals surface area contributed by atoms with Crippen LogP contribution in [0.5, 0.6) is 0 Å². The van der Waals surface area contributed by atoms with Crippen LogP contribution >= 0.6 is 11.6 Å². The third kappa shape index (κ3) is 3.41. The summed E-state index contributed by atoms with van der Waals surface area (Å²) in [4.78, 5) is 6.42. The number of halogens is 1. The molecule has 1 aliphatic heterocycles. The Kier molecular flexibility index (Phi) is 4.02. The lowest BCUT2D eigenvalue weighted by molar-refractivity contribution is -0.0527. The minimum absolute atomic E-state index is 0.00489. The number of likely N-dealkylation sites (tertiary alicyclic amines) is 1. The molecule has 0 bridgehead atoms. The lowest BCUT2D eigenvalue weighted by Crippen LogP contribution is -2.46. The predicted molar refractivity (Wildman–Crippen MR) is 69.2 cm³/mol. The second-order valence-corrected chi connectivity index (χ2v) is 5.34. The fraction of sp³-hybridized carbons (Fsp3) is 0.615. The molecular weight excluding hydrogens is 236 g/mol. The molecule has 2 heterocycles. The zero-order valence-corrected chi connectivity index (χ0v) is 11.2. The molecule has 0 saturated carbocycles. The van der Waals surface area contributed by atoms with Gasteiger partial charge in [0.2, 0.25) is 0 Å². The van der Waals surface area contributed by atoms with E-state index in [2.05, 4.69) is 16.8 Å². The van der Waals surface area contributed by atoms with Crippen LogP contribution in [0.3, 0.4) is 0 Å². The van der Waals surface area contributed by atoms with E-state index in [0.717, 1.165) is 26.1 Å². The molecule has 3 nitrogen and oxygen atoms in total. The lowest BCUT2D eigenvalue weighted by Gasteiger charge is -2.39. The Morgan fingerprint density at radius 2 is 2.41 bits per heavy atom. The molecule has 0 N–H and O–H groups in total. The molecule has 0 aromatic carbocycles. The first-order valence-corrected chi connectivity index (χ1v) is 6.37. The van der Waals surface area contributed by atoms with Gasteiger partial charge in [0.1, 0.15) is 5.15 Å². The summed E-state index contributed by atoms with van der Waals surface area (Å²) < 4.78 is 5.59. The van der Waals surface area contributed by atoms with Gasteiger partial charge in [-0.15, -0.1) is 0 Å². The van der Waals surface area contributed by atoms with E-state index >= 15 is 0 Å². The van der Waals surface area contributed by atoms with Gasteiger partial charge in [0.15, 0.2) is 0 Å². The zero-order chi connectivity index (χ0) is 12.3. The van der Waals surface area contributed by atoms with E-state index in [1.165, 1.54) is 12.0 Å². The predicted octanol–water partition coefficient (Wildman–Crippen LogP) is 2.74. The van der Waals surface area contributed by atoms with Crippen LogP contribution in [0.4, 0.5) is 0 Å². The third-order valence-corrected chi connectivity index (χ3v) is 3.63. The van der Waals surface area contributed by atoms with Crippen LogP contribution in [-0.4, -0.2) is 35.7 Å². The quantitative estimate of drug-likeness (QED) is 0.776. The molecule has 17 heavy (non-hydrogen) atoms. The molecule has 0 radical (unpaired) electrons. The van der Waals surface area contributed by atoms with Crippen molar-refractivity contribution in [2.45, 2.75) is 31.9 Å². The Labute approximate surface area is 108 Å². The maximum absolute atomic E-state index is 5.89. The van der Waals surface area contributed by atoms with Gasteiger partial charge in [0.05, 0.1) is 5.60 Å². The lowest BCUT2D eigenvalue weighted by atomic mass is 9.94. The number of pyridine rings is 1. The summed E-state index contributed by atoms with van der Waals surface area (Å²) in [7, 11) is 1.80. The minimum Gasteiger partial charge on any atom is -0.377 e. The number of aromatic nitrogens is 1. The van der Waals surface area contributed by atoms with Gasteiger partial charge in [-0.1, -0.05) is 11.6 Å². The highest BCUT2D eigenvalue weighted by Crippen LogP contribution is 2.25. The van der Waals surface area contributed by atoms with Gasteiger partial charge < -0.3 is 4.74 Å². The highest BCUT2D eigenvalue weighted by Gasteiger charge is 2.30. The van der Waals surface area contributed by atoms with Gasteiger partial charge in [-0.25, -0.2) is 4.98 Å². The molecule has 0 aliphatic carbocycles. The molecular formula is C13H19ClN2O. The number of methoxy groups -OCH3 is 1. The number of ether oxygens (including phenoxy) is 1. The summed E-state index contributed by atoms with van der Waals surface area (Å²) in [6.07, 6.45) is 4.08. The summed E-state index contributed by atoms with van der Waals surface area (Å²) in [5.74, 6) is 0. The van der Waals surface area contributed by atoms with Crippen molar-refractivity contribution >= 4 is 11.6 Å². The Morgan fingerprint density at radius 3 is 3.12 bits per heavy atom. The molecule has 0 amide bonds. The minimum atomic E-state index is -0.00489. The van der Waals surface area contributed by atoms with Gasteiger partial charge in [0.25, 0.3) is 0 Å². The van der Waals surface area contributed by atoms with E-state index in [4.69, 9.17) is 16.3 Å². The number of hydrogen-bond acceptors (Lipinski definition) is 3. The van der Waals surface area contributed by atoms with E-state index in [9.17, 15) is 0 Å². The molecule has 2 rings (SSSR count). The largest absolute Gasteiger partial charge is 0.377 e. The van der Waals surface area contributed by atoms with E-state index in [1.54, 1.807) is 13.3 Å². The molecule has 1 aliphatic rings. The second kappa shape index (κ2) is 5.34. The monoisotopic (exact) mass is 254 g/mol. The van der Waals surface area contributed by atoms with Crippen LogP contribution in [0.2, 0.25) is 5.15 Å². The van der Waals surface area contributed by atoms with Gasteiger partial charge >= 0.3 is 0 Å². The molecule has 1 fully saturated rings. The van der Waals surface area contributed by atoms with Crippen molar-refractivity contribution in [3.8, 4) is 0 Å². The Balaban J connectivity index is 1.99. The van der Waals surface area contributed by atoms with E-state index < -0.39 is 0 Å². The van der Waals surface area contributed by atoms with Crippen molar-refractivity contribution < 1.29 is 4.74 Å². The van der Waals surface area contributed by atoms with E-state index in [-0.39, 0.29) is 5.60 Å². The Bertz CT molecular complexity index is 385. The average molecular weight is 255 g/mol. The first kappa shape index (κ1) is 12.8. The van der Waals surface area contributed by atoms with Crippen molar-refractivity contribution in [1.29, 1.82) is 0 Å². The normalized spacial score (nSPS) is 26.1. The van der Waals surface area contributed by atoms with Crippen LogP contribution in [-0.2, 0) is 11.3 Å². The van der Waals surface area contributed by atoms with Crippen LogP contribution < -0.4 is 0 Å². The first-order valence-electron chi connectivity index (χ1n) is 5.99. The van der Waals surface area contributed by atoms with Crippen LogP contribution in [0.1, 0.15) is 25.3 Å². The standard InChI is InChI=1S/C13H19ClN2O/c1-13(17-2)5-3-7-16(10-13)9-11-4-6-15-12(14)8-11/h4,6,8H,3,5,7,9-10H2,1-2H3. The highest BCUT2D eigenvalue weighted by atomic mass is 35.5. The highest BCUT2D eigenvalue weighted by molar-refractivity contribution is 6.29. The summed E-state index contributed by atoms with van der Waals surface area (Å²) in [6.45, 7) is 5.20. The van der Waals surface area contributed by atoms with Crippen LogP contribution in [0.25, 0.3) is 0 Å². The molecule has 1 aromatic heterocycles. The SMILES string of the molecule is COC1(C)CCCN(Cc2ccnc(Cl)c2)C1. The summed E-state index contributed by atoms with van der Waals surface area (Å²) in [6, 6.07) is 3.95. The molecule has 94 valence electrons. The fourth-order valence-electron chi connectivity index (χ4n) is 2.41. The smallest absolute Gasteiger partial charge is 0.129 e. The molecule has 1 saturated heterocycles. The molecule has 0 spiro atoms. The molecule has 4 heteroatoms. The number of nitrogens with zero attached hydrogens (tertiary/aromatic N) is 2. The van der Waals surface area contributed by atoms with E-state index in [0.29, 0.717) is 5.15 Å². The van der Waals surface area contributed by atoms with Crippen LogP contribution in [0.15, 0.2) is 18.3 Å². The van der Waals surface area contributed by atoms with Crippen molar-refractivity contribution in [1.82, 2.24) is 9.88 Å². The fourth-order valence-corrected chi connectivity index (χ4v) is 2.60. The topological polar surface area (TPSA) is 25.4 Å². The van der Waals surface area contributed by atoms with Crippen molar-refractivity contribution in [2.24, 2.45) is 0 Å². The molecule has 1 unspecified atom stereocenters. The molecule has 1 atom stereocenters. The van der Waals surface area contributed by atoms with E-state index in [1.807, 2.05) is 12.1 Å². The number of rotatable bonds is 3. The summed E-state index contributed by atoms with van der Waals surface area (Å²) >= 11 is 5.89. The maximum Gasteiger partial charge on any atom is 0.129 e. The summed E-state index contributed by atoms with van der Waals surface area (Å²) in [5, 5.41) is 0.564. The first-order chi connectivity index (χ1) is 8.11. The zero-order valence-electron chi connectivity index (χ0n) is 10.4.